The van der Waals surface area contributed by atoms with Crippen LogP contribution in [0.25, 0.3) is 0 Å². The van der Waals surface area contributed by atoms with Gasteiger partial charge in [-0.05, 0) is 18.9 Å². The highest BCUT2D eigenvalue weighted by Crippen LogP contribution is 2.17. The van der Waals surface area contributed by atoms with Crippen LogP contribution in [0.3, 0.4) is 0 Å². The van der Waals surface area contributed by atoms with Crippen LogP contribution in [0.2, 0.25) is 5.02 Å². The highest BCUT2D eigenvalue weighted by Gasteiger charge is 2.11. The van der Waals surface area contributed by atoms with Gasteiger partial charge in [-0.25, -0.2) is 0 Å². The lowest BCUT2D eigenvalue weighted by Crippen LogP contribution is -2.27. The van der Waals surface area contributed by atoms with E-state index in [2.05, 4.69) is 10.3 Å². The summed E-state index contributed by atoms with van der Waals surface area (Å²) < 4.78 is 0. The summed E-state index contributed by atoms with van der Waals surface area (Å²) in [7, 11) is 0. The summed E-state index contributed by atoms with van der Waals surface area (Å²) >= 11 is 5.85. The normalized spacial score (nSPS) is 19.0. The Hall–Kier alpha value is -0.470. The second-order valence-corrected chi connectivity index (χ2v) is 4.85. The van der Waals surface area contributed by atoms with Gasteiger partial charge in [0.05, 0.1) is 5.02 Å². The van der Waals surface area contributed by atoms with E-state index < -0.39 is 0 Å². The summed E-state index contributed by atoms with van der Waals surface area (Å²) in [5, 5.41) is 4.40. The molecular formula is C12H19ClN2. The minimum absolute atomic E-state index is 0.703. The maximum Gasteiger partial charge on any atom is 0.0583 e. The van der Waals surface area contributed by atoms with Crippen LogP contribution in [-0.2, 0) is 6.54 Å². The Kier molecular flexibility index (Phi) is 4.09. The molecule has 1 heterocycles. The van der Waals surface area contributed by atoms with Crippen molar-refractivity contribution in [3.63, 3.8) is 0 Å². The Morgan fingerprint density at radius 3 is 2.60 bits per heavy atom. The van der Waals surface area contributed by atoms with Gasteiger partial charge in [0.15, 0.2) is 0 Å². The fourth-order valence-corrected chi connectivity index (χ4v) is 2.44. The number of aromatic nitrogens is 1. The molecule has 1 saturated carbocycles. The molecule has 0 aliphatic heterocycles. The molecule has 84 valence electrons. The fourth-order valence-electron chi connectivity index (χ4n) is 2.25. The zero-order valence-electron chi connectivity index (χ0n) is 9.06. The van der Waals surface area contributed by atoms with Crippen molar-refractivity contribution in [1.29, 1.82) is 0 Å². The Morgan fingerprint density at radius 2 is 2.00 bits per heavy atom. The first kappa shape index (κ1) is 11.0. The van der Waals surface area contributed by atoms with Crippen molar-refractivity contribution in [3.05, 3.63) is 23.0 Å². The lowest BCUT2D eigenvalue weighted by Gasteiger charge is -2.15. The van der Waals surface area contributed by atoms with Crippen LogP contribution in [0.1, 0.15) is 44.2 Å². The molecular weight excluding hydrogens is 208 g/mol. The van der Waals surface area contributed by atoms with Crippen LogP contribution in [-0.4, -0.2) is 11.0 Å². The highest BCUT2D eigenvalue weighted by molar-refractivity contribution is 6.30. The van der Waals surface area contributed by atoms with Crippen LogP contribution in [0.5, 0.6) is 0 Å². The third kappa shape index (κ3) is 3.54. The van der Waals surface area contributed by atoms with E-state index in [0.29, 0.717) is 6.04 Å². The van der Waals surface area contributed by atoms with Crippen molar-refractivity contribution in [3.8, 4) is 0 Å². The predicted molar refractivity (Wildman–Crippen MR) is 64.1 cm³/mol. The van der Waals surface area contributed by atoms with Gasteiger partial charge in [-0.3, -0.25) is 0 Å². The van der Waals surface area contributed by atoms with E-state index >= 15 is 0 Å². The van der Waals surface area contributed by atoms with Crippen LogP contribution in [0.15, 0.2) is 12.3 Å². The first-order valence-corrected chi connectivity index (χ1v) is 6.28. The average molecular weight is 227 g/mol. The molecule has 1 aliphatic rings. The minimum Gasteiger partial charge on any atom is -0.363 e. The SMILES string of the molecule is Clc1c[nH]c(CNC2CCCCCC2)c1. The van der Waals surface area contributed by atoms with Gasteiger partial charge in [0.25, 0.3) is 0 Å². The first-order valence-electron chi connectivity index (χ1n) is 5.91. The van der Waals surface area contributed by atoms with Crippen molar-refractivity contribution in [1.82, 2.24) is 10.3 Å². The smallest absolute Gasteiger partial charge is 0.0583 e. The number of hydrogen-bond donors (Lipinski definition) is 2. The van der Waals surface area contributed by atoms with Crippen molar-refractivity contribution in [2.45, 2.75) is 51.1 Å². The molecule has 0 spiro atoms. The Morgan fingerprint density at radius 1 is 1.27 bits per heavy atom. The van der Waals surface area contributed by atoms with E-state index in [9.17, 15) is 0 Å². The first-order chi connectivity index (χ1) is 7.34. The Balaban J connectivity index is 1.76. The summed E-state index contributed by atoms with van der Waals surface area (Å²) in [4.78, 5) is 3.17. The molecule has 0 unspecified atom stereocenters. The number of halogens is 1. The lowest BCUT2D eigenvalue weighted by atomic mass is 10.1. The maximum atomic E-state index is 5.85. The summed E-state index contributed by atoms with van der Waals surface area (Å²) in [6, 6.07) is 2.69. The van der Waals surface area contributed by atoms with Crippen molar-refractivity contribution < 1.29 is 0 Å². The van der Waals surface area contributed by atoms with E-state index in [1.807, 2.05) is 12.3 Å². The van der Waals surface area contributed by atoms with E-state index in [0.717, 1.165) is 11.6 Å². The molecule has 0 amide bonds. The van der Waals surface area contributed by atoms with E-state index in [4.69, 9.17) is 11.6 Å². The lowest BCUT2D eigenvalue weighted by molar-refractivity contribution is 0.456. The molecule has 1 aromatic rings. The number of aromatic amines is 1. The summed E-state index contributed by atoms with van der Waals surface area (Å²) in [5.74, 6) is 0. The number of rotatable bonds is 3. The van der Waals surface area contributed by atoms with Gasteiger partial charge in [-0.15, -0.1) is 0 Å². The third-order valence-electron chi connectivity index (χ3n) is 3.14. The summed E-state index contributed by atoms with van der Waals surface area (Å²) in [5.41, 5.74) is 1.18. The number of H-pyrrole nitrogens is 1. The largest absolute Gasteiger partial charge is 0.363 e. The molecule has 0 atom stereocenters. The quantitative estimate of drug-likeness (QED) is 0.759. The monoisotopic (exact) mass is 226 g/mol. The van der Waals surface area contributed by atoms with Crippen LogP contribution in [0, 0.1) is 0 Å². The molecule has 0 bridgehead atoms. The Labute approximate surface area is 96.4 Å². The highest BCUT2D eigenvalue weighted by atomic mass is 35.5. The van der Waals surface area contributed by atoms with Crippen LogP contribution >= 0.6 is 11.6 Å². The second kappa shape index (κ2) is 5.57. The molecule has 1 aliphatic carbocycles. The van der Waals surface area contributed by atoms with Gasteiger partial charge in [-0.2, -0.15) is 0 Å². The van der Waals surface area contributed by atoms with Crippen molar-refractivity contribution in [2.75, 3.05) is 0 Å². The molecule has 2 nitrogen and oxygen atoms in total. The van der Waals surface area contributed by atoms with Gasteiger partial charge in [0.2, 0.25) is 0 Å². The van der Waals surface area contributed by atoms with Crippen molar-refractivity contribution in [2.24, 2.45) is 0 Å². The standard InChI is InChI=1S/C12H19ClN2/c13-10-7-12(14-8-10)9-15-11-5-3-1-2-4-6-11/h7-8,11,14-15H,1-6,9H2. The van der Waals surface area contributed by atoms with Gasteiger partial charge >= 0.3 is 0 Å². The predicted octanol–water partition coefficient (Wildman–Crippen LogP) is 3.48. The molecule has 0 radical (unpaired) electrons. The molecule has 1 fully saturated rings. The van der Waals surface area contributed by atoms with Crippen LogP contribution < -0.4 is 5.32 Å². The molecule has 15 heavy (non-hydrogen) atoms. The maximum absolute atomic E-state index is 5.85. The molecule has 1 aromatic heterocycles. The van der Waals surface area contributed by atoms with Gasteiger partial charge in [0.1, 0.15) is 0 Å². The molecule has 0 saturated heterocycles. The summed E-state index contributed by atoms with van der Waals surface area (Å²) in [6.07, 6.45) is 10.1. The molecule has 3 heteroatoms. The molecule has 0 aromatic carbocycles. The Bertz CT molecular complexity index is 288. The minimum atomic E-state index is 0.703. The number of hydrogen-bond acceptors (Lipinski definition) is 1. The summed E-state index contributed by atoms with van der Waals surface area (Å²) in [6.45, 7) is 0.914. The van der Waals surface area contributed by atoms with E-state index in [-0.39, 0.29) is 0 Å². The zero-order valence-corrected chi connectivity index (χ0v) is 9.82. The van der Waals surface area contributed by atoms with Crippen LogP contribution in [0.4, 0.5) is 0 Å². The van der Waals surface area contributed by atoms with Gasteiger partial charge in [0, 0.05) is 24.5 Å². The third-order valence-corrected chi connectivity index (χ3v) is 3.36. The fraction of sp³-hybridized carbons (Fsp3) is 0.667. The molecule has 2 rings (SSSR count). The second-order valence-electron chi connectivity index (χ2n) is 4.41. The van der Waals surface area contributed by atoms with E-state index in [1.165, 1.54) is 44.2 Å². The van der Waals surface area contributed by atoms with Gasteiger partial charge < -0.3 is 10.3 Å². The van der Waals surface area contributed by atoms with Crippen molar-refractivity contribution >= 4 is 11.6 Å². The molecule has 2 N–H and O–H groups in total. The number of nitrogens with one attached hydrogen (secondary N) is 2. The van der Waals surface area contributed by atoms with E-state index in [1.54, 1.807) is 0 Å². The zero-order chi connectivity index (χ0) is 10.5. The topological polar surface area (TPSA) is 27.8 Å². The average Bonchev–Trinajstić information content (AvgIpc) is 2.52. The van der Waals surface area contributed by atoms with Gasteiger partial charge in [-0.1, -0.05) is 37.3 Å².